The van der Waals surface area contributed by atoms with Crippen molar-refractivity contribution in [1.82, 2.24) is 14.8 Å². The minimum absolute atomic E-state index is 0.640. The van der Waals surface area contributed by atoms with E-state index in [9.17, 15) is 0 Å². The van der Waals surface area contributed by atoms with Gasteiger partial charge in [-0.1, -0.05) is 23.2 Å². The number of nitrogens with one attached hydrogen (secondary N) is 1. The van der Waals surface area contributed by atoms with Gasteiger partial charge in [-0.3, -0.25) is 4.99 Å². The Labute approximate surface area is 135 Å². The van der Waals surface area contributed by atoms with Gasteiger partial charge in [-0.15, -0.1) is 0 Å². The molecule has 0 spiro atoms. The monoisotopic (exact) mass is 326 g/mol. The van der Waals surface area contributed by atoms with E-state index in [0.29, 0.717) is 16.6 Å². The summed E-state index contributed by atoms with van der Waals surface area (Å²) in [5, 5.41) is 2.35. The molecule has 1 aromatic carbocycles. The predicted molar refractivity (Wildman–Crippen MR) is 91.7 cm³/mol. The van der Waals surface area contributed by atoms with E-state index in [1.54, 1.807) is 6.07 Å². The number of hydrogen-bond acceptors (Lipinski definition) is 1. The van der Waals surface area contributed by atoms with Gasteiger partial charge in [0.2, 0.25) is 0 Å². The molecule has 21 heavy (non-hydrogen) atoms. The highest BCUT2D eigenvalue weighted by Gasteiger charge is 2.09. The Kier molecular flexibility index (Phi) is 5.01. The van der Waals surface area contributed by atoms with Gasteiger partial charge in [-0.25, -0.2) is 0 Å². The highest BCUT2D eigenvalue weighted by atomic mass is 35.5. The number of halogens is 2. The molecule has 0 atom stereocenters. The first-order chi connectivity index (χ1) is 9.90. The van der Waals surface area contributed by atoms with E-state index in [1.165, 1.54) is 0 Å². The minimum atomic E-state index is 0.640. The number of aromatic nitrogens is 1. The van der Waals surface area contributed by atoms with E-state index in [2.05, 4.69) is 9.98 Å². The Morgan fingerprint density at radius 2 is 1.81 bits per heavy atom. The van der Waals surface area contributed by atoms with Crippen molar-refractivity contribution in [3.63, 3.8) is 0 Å². The van der Waals surface area contributed by atoms with Crippen molar-refractivity contribution in [2.24, 2.45) is 4.99 Å². The summed E-state index contributed by atoms with van der Waals surface area (Å²) >= 11 is 12.3. The molecular weight excluding hydrogens is 307 g/mol. The number of aromatic amines is 1. The lowest BCUT2D eigenvalue weighted by molar-refractivity contribution is 0.479. The number of H-pyrrole nitrogens is 1. The molecular formula is C15H20Cl2N4. The van der Waals surface area contributed by atoms with Crippen LogP contribution < -0.4 is 0 Å². The van der Waals surface area contributed by atoms with Gasteiger partial charge in [0, 0.05) is 56.9 Å². The van der Waals surface area contributed by atoms with Crippen LogP contribution in [0.5, 0.6) is 0 Å². The number of hydrogen-bond donors (Lipinski definition) is 1. The van der Waals surface area contributed by atoms with Gasteiger partial charge in [-0.2, -0.15) is 0 Å². The van der Waals surface area contributed by atoms with Crippen LogP contribution in [0.15, 0.2) is 23.3 Å². The van der Waals surface area contributed by atoms with Crippen LogP contribution in [-0.2, 0) is 6.42 Å². The molecule has 0 amide bonds. The molecule has 0 aliphatic heterocycles. The standard InChI is InChI=1S/C15H20Cl2N4/c1-20(2)15(21(3)4)18-6-5-10-9-19-13-8-11(16)7-12(17)14(10)13/h7-9,19H,5-6H2,1-4H3. The lowest BCUT2D eigenvalue weighted by Gasteiger charge is -2.22. The van der Waals surface area contributed by atoms with Gasteiger partial charge in [0.15, 0.2) is 5.96 Å². The third kappa shape index (κ3) is 3.63. The smallest absolute Gasteiger partial charge is 0.195 e. The summed E-state index contributed by atoms with van der Waals surface area (Å²) in [6.45, 7) is 0.706. The van der Waals surface area contributed by atoms with Crippen LogP contribution >= 0.6 is 23.2 Å². The number of rotatable bonds is 3. The van der Waals surface area contributed by atoms with Crippen LogP contribution in [0, 0.1) is 0 Å². The Morgan fingerprint density at radius 3 is 2.43 bits per heavy atom. The van der Waals surface area contributed by atoms with Crippen LogP contribution in [0.25, 0.3) is 10.9 Å². The normalized spacial score (nSPS) is 10.8. The summed E-state index contributed by atoms with van der Waals surface area (Å²) in [4.78, 5) is 11.9. The Bertz CT molecular complexity index is 649. The number of nitrogens with zero attached hydrogens (tertiary/aromatic N) is 3. The lowest BCUT2D eigenvalue weighted by Crippen LogP contribution is -2.35. The molecule has 1 heterocycles. The molecule has 2 aromatic rings. The maximum atomic E-state index is 6.29. The van der Waals surface area contributed by atoms with Crippen molar-refractivity contribution in [2.45, 2.75) is 6.42 Å². The molecule has 0 radical (unpaired) electrons. The molecule has 0 fully saturated rings. The van der Waals surface area contributed by atoms with Crippen molar-refractivity contribution in [1.29, 1.82) is 0 Å². The SMILES string of the molecule is CN(C)C(=NCCc1c[nH]c2cc(Cl)cc(Cl)c12)N(C)C. The number of guanidine groups is 1. The van der Waals surface area contributed by atoms with Gasteiger partial charge in [0.05, 0.1) is 5.02 Å². The summed E-state index contributed by atoms with van der Waals surface area (Å²) in [7, 11) is 7.96. The van der Waals surface area contributed by atoms with Crippen LogP contribution in [0.3, 0.4) is 0 Å². The number of benzene rings is 1. The van der Waals surface area contributed by atoms with Crippen molar-refractivity contribution < 1.29 is 0 Å². The highest BCUT2D eigenvalue weighted by Crippen LogP contribution is 2.30. The first-order valence-corrected chi connectivity index (χ1v) is 7.50. The zero-order chi connectivity index (χ0) is 15.6. The Morgan fingerprint density at radius 1 is 1.14 bits per heavy atom. The molecule has 0 aliphatic rings. The highest BCUT2D eigenvalue weighted by molar-refractivity contribution is 6.38. The first-order valence-electron chi connectivity index (χ1n) is 6.74. The van der Waals surface area contributed by atoms with Crippen LogP contribution in [-0.4, -0.2) is 55.5 Å². The summed E-state index contributed by atoms with van der Waals surface area (Å²) in [5.74, 6) is 0.948. The second-order valence-corrected chi connectivity index (χ2v) is 6.19. The molecule has 0 saturated heterocycles. The Hall–Kier alpha value is -1.39. The van der Waals surface area contributed by atoms with E-state index in [4.69, 9.17) is 23.2 Å². The van der Waals surface area contributed by atoms with Crippen molar-refractivity contribution in [2.75, 3.05) is 34.7 Å². The van der Waals surface area contributed by atoms with Crippen molar-refractivity contribution in [3.05, 3.63) is 33.9 Å². The fourth-order valence-corrected chi connectivity index (χ4v) is 3.02. The van der Waals surface area contributed by atoms with Gasteiger partial charge < -0.3 is 14.8 Å². The van der Waals surface area contributed by atoms with E-state index < -0.39 is 0 Å². The van der Waals surface area contributed by atoms with E-state index in [1.807, 2.05) is 50.3 Å². The molecule has 114 valence electrons. The summed E-state index contributed by atoms with van der Waals surface area (Å²) in [5.41, 5.74) is 2.12. The fourth-order valence-electron chi connectivity index (χ4n) is 2.41. The largest absolute Gasteiger partial charge is 0.361 e. The molecule has 0 saturated carbocycles. The summed E-state index contributed by atoms with van der Waals surface area (Å²) < 4.78 is 0. The molecule has 6 heteroatoms. The quantitative estimate of drug-likeness (QED) is 0.692. The molecule has 4 nitrogen and oxygen atoms in total. The van der Waals surface area contributed by atoms with Crippen LogP contribution in [0.2, 0.25) is 10.0 Å². The number of aliphatic imine (C=N–C) groups is 1. The van der Waals surface area contributed by atoms with Gasteiger partial charge in [0.1, 0.15) is 0 Å². The average Bonchev–Trinajstić information content (AvgIpc) is 2.76. The third-order valence-corrected chi connectivity index (χ3v) is 3.73. The topological polar surface area (TPSA) is 34.6 Å². The van der Waals surface area contributed by atoms with Crippen molar-refractivity contribution in [3.8, 4) is 0 Å². The molecule has 0 unspecified atom stereocenters. The molecule has 0 aliphatic carbocycles. The molecule has 2 rings (SSSR count). The van der Waals surface area contributed by atoms with Gasteiger partial charge >= 0.3 is 0 Å². The van der Waals surface area contributed by atoms with Crippen LogP contribution in [0.4, 0.5) is 0 Å². The van der Waals surface area contributed by atoms with Gasteiger partial charge in [-0.05, 0) is 24.1 Å². The molecule has 1 N–H and O–H groups in total. The van der Waals surface area contributed by atoms with Gasteiger partial charge in [0.25, 0.3) is 0 Å². The predicted octanol–water partition coefficient (Wildman–Crippen LogP) is 3.50. The molecule has 1 aromatic heterocycles. The first kappa shape index (κ1) is 16.0. The van der Waals surface area contributed by atoms with E-state index in [-0.39, 0.29) is 0 Å². The minimum Gasteiger partial charge on any atom is -0.361 e. The zero-order valence-electron chi connectivity index (χ0n) is 12.7. The van der Waals surface area contributed by atoms with Crippen LogP contribution in [0.1, 0.15) is 5.56 Å². The average molecular weight is 327 g/mol. The Balaban J connectivity index is 2.20. The number of fused-ring (bicyclic) bond motifs is 1. The molecule has 0 bridgehead atoms. The summed E-state index contributed by atoms with van der Waals surface area (Å²) in [6.07, 6.45) is 2.81. The second-order valence-electron chi connectivity index (χ2n) is 5.34. The third-order valence-electron chi connectivity index (χ3n) is 3.21. The fraction of sp³-hybridized carbons (Fsp3) is 0.400. The summed E-state index contributed by atoms with van der Waals surface area (Å²) in [6, 6.07) is 3.66. The maximum absolute atomic E-state index is 6.29. The maximum Gasteiger partial charge on any atom is 0.195 e. The van der Waals surface area contributed by atoms with E-state index in [0.717, 1.165) is 28.8 Å². The van der Waals surface area contributed by atoms with E-state index >= 15 is 0 Å². The van der Waals surface area contributed by atoms with Crippen molar-refractivity contribution >= 4 is 40.1 Å². The lowest BCUT2D eigenvalue weighted by atomic mass is 10.1. The zero-order valence-corrected chi connectivity index (χ0v) is 14.3. The second kappa shape index (κ2) is 6.58.